The van der Waals surface area contributed by atoms with Crippen LogP contribution in [-0.2, 0) is 4.74 Å². The lowest BCUT2D eigenvalue weighted by atomic mass is 9.78. The summed E-state index contributed by atoms with van der Waals surface area (Å²) in [7, 11) is 0. The molecule has 2 fully saturated rings. The predicted molar refractivity (Wildman–Crippen MR) is 115 cm³/mol. The summed E-state index contributed by atoms with van der Waals surface area (Å²) < 4.78 is 21.3. The van der Waals surface area contributed by atoms with Crippen LogP contribution in [0.15, 0.2) is 61.1 Å². The first-order chi connectivity index (χ1) is 15.1. The number of hydrogen-bond donors (Lipinski definition) is 1. The Morgan fingerprint density at radius 3 is 2.77 bits per heavy atom. The Bertz CT molecular complexity index is 1060. The fourth-order valence-electron chi connectivity index (χ4n) is 4.44. The molecule has 0 atom stereocenters. The lowest BCUT2D eigenvalue weighted by Gasteiger charge is -2.35. The molecule has 0 radical (unpaired) electrons. The van der Waals surface area contributed by atoms with E-state index in [1.165, 1.54) is 6.07 Å². The fraction of sp³-hybridized carbons (Fsp3) is 0.348. The highest BCUT2D eigenvalue weighted by Crippen LogP contribution is 2.40. The highest BCUT2D eigenvalue weighted by molar-refractivity contribution is 5.90. The largest absolute Gasteiger partial charge is 0.441 e. The quantitative estimate of drug-likeness (QED) is 0.661. The van der Waals surface area contributed by atoms with Crippen molar-refractivity contribution in [1.29, 1.82) is 0 Å². The third-order valence-electron chi connectivity index (χ3n) is 6.20. The number of ether oxygens (including phenoxy) is 1. The second kappa shape index (κ2) is 8.02. The number of amides is 1. The average Bonchev–Trinajstić information content (AvgIpc) is 3.39. The molecule has 0 bridgehead atoms. The number of aromatic nitrogens is 3. The molecule has 1 saturated carbocycles. The first kappa shape index (κ1) is 19.5. The maximum atomic E-state index is 13.9. The highest BCUT2D eigenvalue weighted by Gasteiger charge is 2.47. The van der Waals surface area contributed by atoms with Crippen molar-refractivity contribution < 1.29 is 13.9 Å². The van der Waals surface area contributed by atoms with Crippen molar-refractivity contribution in [2.45, 2.75) is 31.3 Å². The SMILES string of the molecule is O=C1OC2(CCC(CNc3ccn(-c4ccccc4F)n3)CC2)CN1c1cccnc1. The van der Waals surface area contributed by atoms with Crippen molar-refractivity contribution in [1.82, 2.24) is 14.8 Å². The summed E-state index contributed by atoms with van der Waals surface area (Å²) in [6.45, 7) is 1.36. The van der Waals surface area contributed by atoms with Crippen molar-refractivity contribution in [3.63, 3.8) is 0 Å². The Hall–Kier alpha value is -3.42. The smallest absolute Gasteiger partial charge is 0.415 e. The maximum absolute atomic E-state index is 13.9. The van der Waals surface area contributed by atoms with Gasteiger partial charge in [0.15, 0.2) is 0 Å². The van der Waals surface area contributed by atoms with E-state index in [-0.39, 0.29) is 11.9 Å². The van der Waals surface area contributed by atoms with Crippen LogP contribution in [0.25, 0.3) is 5.69 Å². The Balaban J connectivity index is 1.15. The Labute approximate surface area is 179 Å². The van der Waals surface area contributed by atoms with Gasteiger partial charge in [0.05, 0.1) is 18.4 Å². The van der Waals surface area contributed by atoms with Crippen LogP contribution in [0.3, 0.4) is 0 Å². The number of nitrogens with zero attached hydrogens (tertiary/aromatic N) is 4. The standard InChI is InChI=1S/C23H24FN5O2/c24-19-5-1-2-6-20(19)29-13-9-21(27-29)26-14-17-7-10-23(11-8-17)16-28(22(30)31-23)18-4-3-12-25-15-18/h1-6,9,12-13,15,17H,7-8,10-11,14,16H2,(H,26,27). The van der Waals surface area contributed by atoms with Crippen LogP contribution in [0.5, 0.6) is 0 Å². The van der Waals surface area contributed by atoms with Crippen LogP contribution < -0.4 is 10.2 Å². The molecule has 1 aromatic carbocycles. The minimum Gasteiger partial charge on any atom is -0.441 e. The number of halogens is 1. The molecular formula is C23H24FN5O2. The van der Waals surface area contributed by atoms with Gasteiger partial charge in [-0.2, -0.15) is 5.10 Å². The summed E-state index contributed by atoms with van der Waals surface area (Å²) in [5.41, 5.74) is 0.797. The summed E-state index contributed by atoms with van der Waals surface area (Å²) in [6.07, 6.45) is 8.46. The van der Waals surface area contributed by atoms with E-state index in [2.05, 4.69) is 15.4 Å². The van der Waals surface area contributed by atoms with Gasteiger partial charge in [-0.1, -0.05) is 12.1 Å². The molecule has 1 N–H and O–H groups in total. The molecule has 2 aliphatic rings. The monoisotopic (exact) mass is 421 g/mol. The molecule has 0 unspecified atom stereocenters. The van der Waals surface area contributed by atoms with Gasteiger partial charge in [0.2, 0.25) is 0 Å². The van der Waals surface area contributed by atoms with Crippen LogP contribution in [0, 0.1) is 11.7 Å². The highest BCUT2D eigenvalue weighted by atomic mass is 19.1. The summed E-state index contributed by atoms with van der Waals surface area (Å²) in [5, 5.41) is 7.80. The molecular weight excluding hydrogens is 397 g/mol. The molecule has 31 heavy (non-hydrogen) atoms. The molecule has 1 spiro atoms. The van der Waals surface area contributed by atoms with E-state index in [1.54, 1.807) is 46.4 Å². The number of nitrogens with one attached hydrogen (secondary N) is 1. The van der Waals surface area contributed by atoms with Gasteiger partial charge in [-0.3, -0.25) is 9.88 Å². The van der Waals surface area contributed by atoms with E-state index in [9.17, 15) is 9.18 Å². The zero-order chi connectivity index (χ0) is 21.3. The number of hydrogen-bond acceptors (Lipinski definition) is 5. The molecule has 3 heterocycles. The molecule has 7 nitrogen and oxygen atoms in total. The van der Waals surface area contributed by atoms with E-state index in [1.807, 2.05) is 18.2 Å². The average molecular weight is 421 g/mol. The lowest BCUT2D eigenvalue weighted by molar-refractivity contribution is 0.0148. The summed E-state index contributed by atoms with van der Waals surface area (Å²) in [6, 6.07) is 12.1. The maximum Gasteiger partial charge on any atom is 0.415 e. The van der Waals surface area contributed by atoms with Crippen LogP contribution in [-0.4, -0.2) is 39.5 Å². The van der Waals surface area contributed by atoms with Gasteiger partial charge in [-0.15, -0.1) is 0 Å². The molecule has 8 heteroatoms. The number of benzene rings is 1. The number of carbonyl (C=O) groups excluding carboxylic acids is 1. The fourth-order valence-corrected chi connectivity index (χ4v) is 4.44. The van der Waals surface area contributed by atoms with E-state index in [0.29, 0.717) is 18.2 Å². The van der Waals surface area contributed by atoms with E-state index >= 15 is 0 Å². The van der Waals surface area contributed by atoms with Gasteiger partial charge in [0.25, 0.3) is 0 Å². The first-order valence-corrected chi connectivity index (χ1v) is 10.6. The number of anilines is 2. The molecule has 1 amide bonds. The Morgan fingerprint density at radius 1 is 1.16 bits per heavy atom. The summed E-state index contributed by atoms with van der Waals surface area (Å²) >= 11 is 0. The topological polar surface area (TPSA) is 72.3 Å². The van der Waals surface area contributed by atoms with Crippen LogP contribution in [0.1, 0.15) is 25.7 Å². The van der Waals surface area contributed by atoms with Crippen LogP contribution in [0.2, 0.25) is 0 Å². The molecule has 1 aliphatic heterocycles. The molecule has 2 aromatic heterocycles. The third kappa shape index (κ3) is 3.97. The van der Waals surface area contributed by atoms with Crippen LogP contribution in [0.4, 0.5) is 20.7 Å². The van der Waals surface area contributed by atoms with Crippen molar-refractivity contribution in [2.75, 3.05) is 23.3 Å². The zero-order valence-electron chi connectivity index (χ0n) is 17.1. The van der Waals surface area contributed by atoms with Crippen molar-refractivity contribution >= 4 is 17.6 Å². The molecule has 160 valence electrons. The lowest BCUT2D eigenvalue weighted by Crippen LogP contribution is -2.39. The van der Waals surface area contributed by atoms with Crippen molar-refractivity contribution in [2.24, 2.45) is 5.92 Å². The van der Waals surface area contributed by atoms with Gasteiger partial charge in [-0.25, -0.2) is 13.9 Å². The third-order valence-corrected chi connectivity index (χ3v) is 6.20. The van der Waals surface area contributed by atoms with Crippen molar-refractivity contribution in [3.05, 3.63) is 66.9 Å². The summed E-state index contributed by atoms with van der Waals surface area (Å²) in [4.78, 5) is 18.2. The molecule has 1 aliphatic carbocycles. The van der Waals surface area contributed by atoms with Gasteiger partial charge in [0, 0.05) is 25.0 Å². The second-order valence-corrected chi connectivity index (χ2v) is 8.27. The zero-order valence-corrected chi connectivity index (χ0v) is 17.1. The van der Waals surface area contributed by atoms with Gasteiger partial charge < -0.3 is 10.1 Å². The van der Waals surface area contributed by atoms with E-state index in [4.69, 9.17) is 4.74 Å². The Kier molecular flexibility index (Phi) is 5.05. The second-order valence-electron chi connectivity index (χ2n) is 8.27. The normalized spacial score (nSPS) is 23.2. The minimum absolute atomic E-state index is 0.289. The molecule has 5 rings (SSSR count). The Morgan fingerprint density at radius 2 is 2.00 bits per heavy atom. The molecule has 1 saturated heterocycles. The van der Waals surface area contributed by atoms with Gasteiger partial charge >= 0.3 is 6.09 Å². The number of para-hydroxylation sites is 1. The van der Waals surface area contributed by atoms with Gasteiger partial charge in [-0.05, 0) is 55.9 Å². The predicted octanol–water partition coefficient (Wildman–Crippen LogP) is 4.40. The number of rotatable bonds is 5. The van der Waals surface area contributed by atoms with Crippen molar-refractivity contribution in [3.8, 4) is 5.69 Å². The van der Waals surface area contributed by atoms with Gasteiger partial charge in [0.1, 0.15) is 22.9 Å². The summed E-state index contributed by atoms with van der Waals surface area (Å²) in [5.74, 6) is 0.884. The first-order valence-electron chi connectivity index (χ1n) is 10.6. The van der Waals surface area contributed by atoms with E-state index in [0.717, 1.165) is 43.7 Å². The minimum atomic E-state index is -0.407. The van der Waals surface area contributed by atoms with E-state index < -0.39 is 5.60 Å². The van der Waals surface area contributed by atoms with Crippen LogP contribution >= 0.6 is 0 Å². The number of pyridine rings is 1. The number of carbonyl (C=O) groups is 1. The molecule has 3 aromatic rings.